The van der Waals surface area contributed by atoms with Crippen LogP contribution in [-0.2, 0) is 11.3 Å². The minimum absolute atomic E-state index is 0.00933. The van der Waals surface area contributed by atoms with Crippen LogP contribution >= 0.6 is 22.6 Å². The molecule has 1 heterocycles. The fourth-order valence-electron chi connectivity index (χ4n) is 4.95. The van der Waals surface area contributed by atoms with E-state index in [-0.39, 0.29) is 24.4 Å². The van der Waals surface area contributed by atoms with Gasteiger partial charge in [0.2, 0.25) is 5.91 Å². The highest BCUT2D eigenvalue weighted by Crippen LogP contribution is 2.31. The number of aliphatic hydroxyl groups is 1. The second-order valence-corrected chi connectivity index (χ2v) is 11.0. The summed E-state index contributed by atoms with van der Waals surface area (Å²) in [6, 6.07) is 20.1. The fourth-order valence-corrected chi connectivity index (χ4v) is 5.46. The van der Waals surface area contributed by atoms with Gasteiger partial charge in [0.25, 0.3) is 5.91 Å². The van der Waals surface area contributed by atoms with Gasteiger partial charge in [-0.2, -0.15) is 0 Å². The molecule has 0 fully saturated rings. The molecule has 8 nitrogen and oxygen atoms in total. The lowest BCUT2D eigenvalue weighted by molar-refractivity contribution is -0.118. The number of hydrogen-bond donors (Lipinski definition) is 2. The molecule has 4 aromatic rings. The first kappa shape index (κ1) is 29.5. The van der Waals surface area contributed by atoms with Gasteiger partial charge >= 0.3 is 5.63 Å². The molecule has 216 valence electrons. The summed E-state index contributed by atoms with van der Waals surface area (Å²) in [6.07, 6.45) is -0.713. The SMILES string of the molecule is CCNC(=O)C1=C[C@H](Oc2ccccc2I)[C@@H](O)[C@H](N(Cc2ccc(F)cc2)C(=O)c2cc3ccccc3oc2=O)C1. The zero-order valence-electron chi connectivity index (χ0n) is 22.6. The third-order valence-electron chi connectivity index (χ3n) is 7.05. The Hall–Kier alpha value is -4.03. The van der Waals surface area contributed by atoms with Gasteiger partial charge in [0, 0.05) is 30.5 Å². The van der Waals surface area contributed by atoms with E-state index in [1.165, 1.54) is 35.2 Å². The van der Waals surface area contributed by atoms with E-state index in [0.29, 0.717) is 34.4 Å². The Morgan fingerprint density at radius 3 is 2.55 bits per heavy atom. The Morgan fingerprint density at radius 1 is 1.10 bits per heavy atom. The summed E-state index contributed by atoms with van der Waals surface area (Å²) in [4.78, 5) is 41.6. The first-order chi connectivity index (χ1) is 20.2. The molecule has 3 atom stereocenters. The van der Waals surface area contributed by atoms with Gasteiger partial charge < -0.3 is 24.5 Å². The number of nitrogens with zero attached hydrogens (tertiary/aromatic N) is 1. The number of aliphatic hydroxyl groups excluding tert-OH is 1. The lowest BCUT2D eigenvalue weighted by atomic mass is 9.87. The summed E-state index contributed by atoms with van der Waals surface area (Å²) in [6.45, 7) is 2.09. The van der Waals surface area contributed by atoms with E-state index in [1.54, 1.807) is 49.4 Å². The fraction of sp³-hybridized carbons (Fsp3) is 0.219. The summed E-state index contributed by atoms with van der Waals surface area (Å²) in [5.74, 6) is -1.00. The molecule has 1 aromatic heterocycles. The number of carbonyl (C=O) groups is 2. The van der Waals surface area contributed by atoms with E-state index in [9.17, 15) is 23.9 Å². The van der Waals surface area contributed by atoms with Gasteiger partial charge in [0.1, 0.15) is 34.9 Å². The molecule has 2 N–H and O–H groups in total. The van der Waals surface area contributed by atoms with Crippen LogP contribution in [0.4, 0.5) is 4.39 Å². The Balaban J connectivity index is 1.58. The largest absolute Gasteiger partial charge is 0.482 e. The molecule has 0 unspecified atom stereocenters. The molecule has 2 amide bonds. The number of ether oxygens (including phenoxy) is 1. The topological polar surface area (TPSA) is 109 Å². The number of fused-ring (bicyclic) bond motifs is 1. The maximum atomic E-state index is 14.2. The lowest BCUT2D eigenvalue weighted by Crippen LogP contribution is -2.55. The Labute approximate surface area is 254 Å². The molecule has 1 aliphatic carbocycles. The van der Waals surface area contributed by atoms with E-state index in [1.807, 2.05) is 12.1 Å². The van der Waals surface area contributed by atoms with Crippen molar-refractivity contribution in [3.05, 3.63) is 121 Å². The normalized spacial score (nSPS) is 18.3. The van der Waals surface area contributed by atoms with E-state index in [0.717, 1.165) is 3.57 Å². The predicted octanol–water partition coefficient (Wildman–Crippen LogP) is 4.82. The van der Waals surface area contributed by atoms with Crippen LogP contribution < -0.4 is 15.7 Å². The maximum absolute atomic E-state index is 14.2. The van der Waals surface area contributed by atoms with Gasteiger partial charge in [0.05, 0.1) is 9.61 Å². The van der Waals surface area contributed by atoms with Crippen LogP contribution in [0.25, 0.3) is 11.0 Å². The van der Waals surface area contributed by atoms with Gasteiger partial charge in [-0.25, -0.2) is 9.18 Å². The van der Waals surface area contributed by atoms with Crippen molar-refractivity contribution in [1.82, 2.24) is 10.2 Å². The van der Waals surface area contributed by atoms with Crippen LogP contribution in [0.3, 0.4) is 0 Å². The van der Waals surface area contributed by atoms with Crippen molar-refractivity contribution in [2.75, 3.05) is 6.54 Å². The number of carbonyl (C=O) groups excluding carboxylic acids is 2. The highest BCUT2D eigenvalue weighted by atomic mass is 127. The smallest absolute Gasteiger partial charge is 0.349 e. The molecule has 3 aromatic carbocycles. The van der Waals surface area contributed by atoms with Crippen LogP contribution in [0.1, 0.15) is 29.3 Å². The minimum atomic E-state index is -1.28. The summed E-state index contributed by atoms with van der Waals surface area (Å²) in [5, 5.41) is 15.0. The molecule has 10 heteroatoms. The van der Waals surface area contributed by atoms with Crippen LogP contribution in [0.15, 0.2) is 99.7 Å². The Morgan fingerprint density at radius 2 is 1.81 bits per heavy atom. The number of likely N-dealkylation sites (N-methyl/N-ethyl adjacent to an activating group) is 1. The number of para-hydroxylation sites is 2. The first-order valence-electron chi connectivity index (χ1n) is 13.4. The number of benzene rings is 3. The third kappa shape index (κ3) is 6.39. The van der Waals surface area contributed by atoms with Crippen LogP contribution in [-0.4, -0.2) is 46.6 Å². The molecular weight excluding hydrogens is 654 g/mol. The molecule has 0 aliphatic heterocycles. The zero-order chi connectivity index (χ0) is 29.8. The summed E-state index contributed by atoms with van der Waals surface area (Å²) in [7, 11) is 0. The van der Waals surface area contributed by atoms with E-state index in [2.05, 4.69) is 27.9 Å². The molecule has 0 radical (unpaired) electrons. The average molecular weight is 682 g/mol. The Bertz CT molecular complexity index is 1700. The number of amides is 2. The van der Waals surface area contributed by atoms with Crippen molar-refractivity contribution < 1.29 is 28.2 Å². The van der Waals surface area contributed by atoms with Crippen molar-refractivity contribution in [2.45, 2.75) is 38.1 Å². The molecule has 0 saturated heterocycles. The number of nitrogens with one attached hydrogen (secondary N) is 1. The van der Waals surface area contributed by atoms with Crippen LogP contribution in [0, 0.1) is 9.39 Å². The van der Waals surface area contributed by atoms with E-state index in [4.69, 9.17) is 9.15 Å². The van der Waals surface area contributed by atoms with E-state index >= 15 is 0 Å². The molecule has 5 rings (SSSR count). The van der Waals surface area contributed by atoms with Crippen molar-refractivity contribution in [2.24, 2.45) is 0 Å². The zero-order valence-corrected chi connectivity index (χ0v) is 24.8. The van der Waals surface area contributed by atoms with Crippen molar-refractivity contribution in [1.29, 1.82) is 0 Å². The minimum Gasteiger partial charge on any atom is -0.482 e. The predicted molar refractivity (Wildman–Crippen MR) is 164 cm³/mol. The monoisotopic (exact) mass is 682 g/mol. The molecule has 0 spiro atoms. The number of rotatable bonds is 8. The van der Waals surface area contributed by atoms with Gasteiger partial charge in [0.15, 0.2) is 0 Å². The van der Waals surface area contributed by atoms with Crippen LogP contribution in [0.5, 0.6) is 5.75 Å². The van der Waals surface area contributed by atoms with Crippen molar-refractivity contribution >= 4 is 45.4 Å². The molecular formula is C32H28FIN2O6. The lowest BCUT2D eigenvalue weighted by Gasteiger charge is -2.40. The number of halogens is 2. The van der Waals surface area contributed by atoms with Gasteiger partial charge in [-0.05, 0) is 77.6 Å². The highest BCUT2D eigenvalue weighted by Gasteiger charge is 2.41. The molecule has 0 bridgehead atoms. The standard InChI is InChI=1S/C32H28FIN2O6/c1-2-35-30(38)21-16-25(29(37)28(17-21)41-27-10-6-4-8-24(27)34)36(18-19-11-13-22(33)14-12-19)31(39)23-15-20-7-3-5-9-26(20)42-32(23)40/h3-15,17,25,28-29,37H,2,16,18H2,1H3,(H,35,38)/t25-,28+,29+/m1/s1. The first-order valence-corrected chi connectivity index (χ1v) is 14.5. The van der Waals surface area contributed by atoms with Crippen molar-refractivity contribution in [3.8, 4) is 5.75 Å². The molecule has 1 aliphatic rings. The molecule has 0 saturated carbocycles. The highest BCUT2D eigenvalue weighted by molar-refractivity contribution is 14.1. The van der Waals surface area contributed by atoms with Crippen LogP contribution in [0.2, 0.25) is 0 Å². The summed E-state index contributed by atoms with van der Waals surface area (Å²) < 4.78 is 26.1. The van der Waals surface area contributed by atoms with E-state index < -0.39 is 35.6 Å². The Kier molecular flexibility index (Phi) is 9.03. The quantitative estimate of drug-likeness (QED) is 0.204. The molecule has 42 heavy (non-hydrogen) atoms. The van der Waals surface area contributed by atoms with Gasteiger partial charge in [-0.3, -0.25) is 9.59 Å². The van der Waals surface area contributed by atoms with Gasteiger partial charge in [-0.1, -0.05) is 42.5 Å². The second kappa shape index (κ2) is 12.9. The summed E-state index contributed by atoms with van der Waals surface area (Å²) in [5.41, 5.74) is 0.150. The maximum Gasteiger partial charge on any atom is 0.349 e. The number of hydrogen-bond acceptors (Lipinski definition) is 6. The summed E-state index contributed by atoms with van der Waals surface area (Å²) >= 11 is 2.11. The van der Waals surface area contributed by atoms with Crippen molar-refractivity contribution in [3.63, 3.8) is 0 Å². The average Bonchev–Trinajstić information content (AvgIpc) is 2.98. The second-order valence-electron chi connectivity index (χ2n) is 9.87. The third-order valence-corrected chi connectivity index (χ3v) is 7.94. The van der Waals surface area contributed by atoms with Gasteiger partial charge in [-0.15, -0.1) is 0 Å².